The number of fused-ring (bicyclic) bond motifs is 1. The van der Waals surface area contributed by atoms with Crippen molar-refractivity contribution in [3.05, 3.63) is 40.3 Å². The molecule has 0 saturated heterocycles. The minimum atomic E-state index is -1.30. The predicted octanol–water partition coefficient (Wildman–Crippen LogP) is -0.0597. The number of nitrogens with one attached hydrogen (secondary N) is 1. The zero-order chi connectivity index (χ0) is 22.0. The molecule has 0 aliphatic carbocycles. The molecule has 31 heavy (non-hydrogen) atoms. The molecular formula is C21H21NNaO8+. The third kappa shape index (κ3) is 4.30. The normalized spacial score (nSPS) is 10.2. The van der Waals surface area contributed by atoms with E-state index in [9.17, 15) is 14.7 Å². The second-order valence-electron chi connectivity index (χ2n) is 6.18. The Morgan fingerprint density at radius 2 is 1.26 bits per heavy atom. The number of carboxylic acid groups (broad SMARTS) is 1. The summed E-state index contributed by atoms with van der Waals surface area (Å²) < 4.78 is 26.7. The number of hydrogen-bond acceptors (Lipinski definition) is 7. The molecular weight excluding hydrogens is 417 g/mol. The molecule has 2 aromatic carbocycles. The van der Waals surface area contributed by atoms with Crippen molar-refractivity contribution in [2.45, 2.75) is 0 Å². The standard InChI is InChI=1S/C21H21NO8.Na/c1-26-13-8-11-12(9-14(13)27-2)20(23)22-18(21(24)25)17(11)10-6-15(28-3)19(30-5)16(7-10)29-4;/h6-9H,1-5H3,(H,22,23)(H,24,25);/q;+1. The Bertz CT molecular complexity index is 1160. The molecule has 10 heteroatoms. The van der Waals surface area contributed by atoms with Gasteiger partial charge in [-0.25, -0.2) is 4.79 Å². The van der Waals surface area contributed by atoms with Gasteiger partial charge in [0.25, 0.3) is 5.56 Å². The Balaban J connectivity index is 0.00000341. The molecule has 9 nitrogen and oxygen atoms in total. The maximum absolute atomic E-state index is 12.6. The van der Waals surface area contributed by atoms with Gasteiger partial charge in [-0.2, -0.15) is 0 Å². The largest absolute Gasteiger partial charge is 1.00 e. The van der Waals surface area contributed by atoms with Gasteiger partial charge in [0.1, 0.15) is 5.69 Å². The number of hydrogen-bond donors (Lipinski definition) is 2. The summed E-state index contributed by atoms with van der Waals surface area (Å²) >= 11 is 0. The van der Waals surface area contributed by atoms with Crippen LogP contribution in [0.15, 0.2) is 29.1 Å². The van der Waals surface area contributed by atoms with E-state index in [-0.39, 0.29) is 46.2 Å². The van der Waals surface area contributed by atoms with Crippen LogP contribution in [0.25, 0.3) is 21.9 Å². The van der Waals surface area contributed by atoms with E-state index in [4.69, 9.17) is 23.7 Å². The number of benzene rings is 2. The summed E-state index contributed by atoms with van der Waals surface area (Å²) in [6, 6.07) is 6.28. The molecule has 1 aromatic heterocycles. The van der Waals surface area contributed by atoms with Crippen LogP contribution in [0.5, 0.6) is 28.7 Å². The van der Waals surface area contributed by atoms with Gasteiger partial charge in [0.15, 0.2) is 23.0 Å². The van der Waals surface area contributed by atoms with Crippen molar-refractivity contribution in [1.82, 2.24) is 4.98 Å². The first-order valence-corrected chi connectivity index (χ1v) is 8.75. The van der Waals surface area contributed by atoms with Crippen LogP contribution in [0.2, 0.25) is 0 Å². The van der Waals surface area contributed by atoms with E-state index in [1.807, 2.05) is 0 Å². The fourth-order valence-corrected chi connectivity index (χ4v) is 3.34. The molecule has 3 rings (SSSR count). The van der Waals surface area contributed by atoms with Gasteiger partial charge in [0.2, 0.25) is 5.75 Å². The molecule has 3 aromatic rings. The molecule has 0 aliphatic rings. The quantitative estimate of drug-likeness (QED) is 0.493. The maximum Gasteiger partial charge on any atom is 1.00 e. The fourth-order valence-electron chi connectivity index (χ4n) is 3.34. The number of H-pyrrole nitrogens is 1. The van der Waals surface area contributed by atoms with Crippen molar-refractivity contribution in [3.8, 4) is 39.9 Å². The summed E-state index contributed by atoms with van der Waals surface area (Å²) in [5.74, 6) is 0.419. The molecule has 0 saturated carbocycles. The van der Waals surface area contributed by atoms with Crippen molar-refractivity contribution in [2.24, 2.45) is 0 Å². The van der Waals surface area contributed by atoms with Gasteiger partial charge in [0.05, 0.1) is 40.9 Å². The summed E-state index contributed by atoms with van der Waals surface area (Å²) in [7, 11) is 7.28. The van der Waals surface area contributed by atoms with Crippen LogP contribution in [0.4, 0.5) is 0 Å². The van der Waals surface area contributed by atoms with Crippen LogP contribution in [-0.4, -0.2) is 51.6 Å². The van der Waals surface area contributed by atoms with Gasteiger partial charge in [0, 0.05) is 10.9 Å². The molecule has 0 radical (unpaired) electrons. The van der Waals surface area contributed by atoms with Crippen LogP contribution < -0.4 is 58.8 Å². The number of pyridine rings is 1. The fraction of sp³-hybridized carbons (Fsp3) is 0.238. The molecule has 0 aliphatic heterocycles. The Hall–Kier alpha value is -2.88. The minimum Gasteiger partial charge on any atom is -0.493 e. The first-order chi connectivity index (χ1) is 14.4. The van der Waals surface area contributed by atoms with E-state index in [1.165, 1.54) is 41.6 Å². The number of aromatic carboxylic acids is 1. The SMILES string of the molecule is COc1cc2c(-c3cc(OC)c(OC)c(OC)c3)c(C(=O)O)[nH]c(=O)c2cc1OC.[Na+]. The topological polar surface area (TPSA) is 116 Å². The number of rotatable bonds is 7. The van der Waals surface area contributed by atoms with Crippen molar-refractivity contribution < 1.29 is 63.1 Å². The van der Waals surface area contributed by atoms with E-state index in [1.54, 1.807) is 18.2 Å². The number of aromatic amines is 1. The van der Waals surface area contributed by atoms with Crippen molar-refractivity contribution in [1.29, 1.82) is 0 Å². The Morgan fingerprint density at radius 3 is 1.68 bits per heavy atom. The minimum absolute atomic E-state index is 0. The first kappa shape index (κ1) is 24.4. The number of carbonyl (C=O) groups is 1. The second kappa shape index (κ2) is 9.95. The second-order valence-corrected chi connectivity index (χ2v) is 6.18. The van der Waals surface area contributed by atoms with E-state index in [2.05, 4.69) is 4.98 Å². The van der Waals surface area contributed by atoms with Gasteiger partial charge in [-0.15, -0.1) is 0 Å². The Labute approximate surface area is 200 Å². The van der Waals surface area contributed by atoms with Gasteiger partial charge in [-0.05, 0) is 29.8 Å². The van der Waals surface area contributed by atoms with Gasteiger partial charge < -0.3 is 33.8 Å². The third-order valence-electron chi connectivity index (χ3n) is 4.69. The molecule has 158 valence electrons. The maximum atomic E-state index is 12.6. The smallest absolute Gasteiger partial charge is 0.493 e. The number of aromatic nitrogens is 1. The number of ether oxygens (including phenoxy) is 5. The molecule has 1 heterocycles. The molecule has 2 N–H and O–H groups in total. The average Bonchev–Trinajstić information content (AvgIpc) is 2.76. The van der Waals surface area contributed by atoms with Crippen LogP contribution >= 0.6 is 0 Å². The third-order valence-corrected chi connectivity index (χ3v) is 4.69. The van der Waals surface area contributed by atoms with Crippen LogP contribution in [-0.2, 0) is 0 Å². The van der Waals surface area contributed by atoms with E-state index >= 15 is 0 Å². The molecule has 0 atom stereocenters. The number of methoxy groups -OCH3 is 5. The zero-order valence-electron chi connectivity index (χ0n) is 18.1. The zero-order valence-corrected chi connectivity index (χ0v) is 20.1. The van der Waals surface area contributed by atoms with E-state index in [0.29, 0.717) is 39.7 Å². The van der Waals surface area contributed by atoms with Crippen LogP contribution in [0.3, 0.4) is 0 Å². The monoisotopic (exact) mass is 438 g/mol. The molecule has 0 amide bonds. The van der Waals surface area contributed by atoms with E-state index in [0.717, 1.165) is 0 Å². The predicted molar refractivity (Wildman–Crippen MR) is 110 cm³/mol. The van der Waals surface area contributed by atoms with Gasteiger partial charge in [-0.3, -0.25) is 4.79 Å². The summed E-state index contributed by atoms with van der Waals surface area (Å²) in [4.78, 5) is 27.0. The summed E-state index contributed by atoms with van der Waals surface area (Å²) in [6.07, 6.45) is 0. The van der Waals surface area contributed by atoms with Crippen molar-refractivity contribution >= 4 is 16.7 Å². The van der Waals surface area contributed by atoms with Crippen LogP contribution in [0.1, 0.15) is 10.5 Å². The summed E-state index contributed by atoms with van der Waals surface area (Å²) in [6.45, 7) is 0. The van der Waals surface area contributed by atoms with Gasteiger partial charge >= 0.3 is 35.5 Å². The van der Waals surface area contributed by atoms with E-state index < -0.39 is 11.5 Å². The number of carboxylic acids is 1. The molecule has 0 fully saturated rings. The molecule has 0 bridgehead atoms. The molecule has 0 spiro atoms. The molecule has 0 unspecified atom stereocenters. The van der Waals surface area contributed by atoms with Crippen molar-refractivity contribution in [2.75, 3.05) is 35.5 Å². The van der Waals surface area contributed by atoms with Crippen molar-refractivity contribution in [3.63, 3.8) is 0 Å². The first-order valence-electron chi connectivity index (χ1n) is 8.75. The van der Waals surface area contributed by atoms with Gasteiger partial charge in [-0.1, -0.05) is 0 Å². The summed E-state index contributed by atoms with van der Waals surface area (Å²) in [5, 5.41) is 10.4. The average molecular weight is 438 g/mol. The summed E-state index contributed by atoms with van der Waals surface area (Å²) in [5.41, 5.74) is -0.152. The Morgan fingerprint density at radius 1 is 0.774 bits per heavy atom. The van der Waals surface area contributed by atoms with Crippen LogP contribution in [0, 0.1) is 0 Å². The Kier molecular flexibility index (Phi) is 7.83.